The highest BCUT2D eigenvalue weighted by Crippen LogP contribution is 2.20. The molecule has 0 atom stereocenters. The smallest absolute Gasteiger partial charge is 0.355 e. The summed E-state index contributed by atoms with van der Waals surface area (Å²) in [6, 6.07) is 7.57. The first-order chi connectivity index (χ1) is 14.3. The van der Waals surface area contributed by atoms with E-state index < -0.39 is 30.2 Å². The molecule has 9 nitrogen and oxygen atoms in total. The van der Waals surface area contributed by atoms with E-state index in [9.17, 15) is 19.2 Å². The summed E-state index contributed by atoms with van der Waals surface area (Å²) >= 11 is 0. The molecule has 1 heterocycles. The van der Waals surface area contributed by atoms with E-state index in [0.717, 1.165) is 0 Å². The second-order valence-electron chi connectivity index (χ2n) is 6.31. The third kappa shape index (κ3) is 5.32. The number of ketones is 1. The Bertz CT molecular complexity index is 1010. The second-order valence-corrected chi connectivity index (χ2v) is 6.31. The number of anilines is 1. The molecule has 0 aliphatic carbocycles. The molecule has 2 aromatic rings. The van der Waals surface area contributed by atoms with Crippen molar-refractivity contribution in [3.63, 3.8) is 0 Å². The van der Waals surface area contributed by atoms with Crippen molar-refractivity contribution in [2.75, 3.05) is 18.5 Å². The number of carbonyl (C=O) groups excluding carboxylic acids is 4. The molecule has 0 saturated carbocycles. The maximum Gasteiger partial charge on any atom is 0.355 e. The van der Waals surface area contributed by atoms with Gasteiger partial charge in [-0.3, -0.25) is 9.59 Å². The number of amides is 1. The molecule has 1 aromatic carbocycles. The van der Waals surface area contributed by atoms with Gasteiger partial charge >= 0.3 is 11.9 Å². The number of nitriles is 1. The van der Waals surface area contributed by atoms with Crippen LogP contribution in [0.1, 0.15) is 55.8 Å². The van der Waals surface area contributed by atoms with Gasteiger partial charge in [-0.15, -0.1) is 0 Å². The lowest BCUT2D eigenvalue weighted by atomic mass is 10.1. The van der Waals surface area contributed by atoms with Gasteiger partial charge in [0, 0.05) is 16.9 Å². The van der Waals surface area contributed by atoms with Crippen molar-refractivity contribution in [2.45, 2.75) is 27.2 Å². The quantitative estimate of drug-likeness (QED) is 0.503. The van der Waals surface area contributed by atoms with E-state index in [2.05, 4.69) is 10.3 Å². The van der Waals surface area contributed by atoms with Crippen LogP contribution >= 0.6 is 0 Å². The molecule has 0 aliphatic rings. The Hall–Kier alpha value is -3.93. The van der Waals surface area contributed by atoms with Crippen LogP contribution in [-0.2, 0) is 14.3 Å². The lowest BCUT2D eigenvalue weighted by Crippen LogP contribution is -2.16. The molecule has 1 aromatic heterocycles. The fourth-order valence-electron chi connectivity index (χ4n) is 2.83. The van der Waals surface area contributed by atoms with Crippen molar-refractivity contribution < 1.29 is 28.7 Å². The average Bonchev–Trinajstić information content (AvgIpc) is 3.01. The number of hydrogen-bond donors (Lipinski definition) is 2. The third-order valence-electron chi connectivity index (χ3n) is 4.17. The van der Waals surface area contributed by atoms with Crippen LogP contribution in [0.2, 0.25) is 0 Å². The molecule has 30 heavy (non-hydrogen) atoms. The first-order valence-electron chi connectivity index (χ1n) is 9.11. The van der Waals surface area contributed by atoms with E-state index in [1.807, 2.05) is 0 Å². The normalized spacial score (nSPS) is 10.1. The highest BCUT2D eigenvalue weighted by atomic mass is 16.5. The number of hydrogen-bond acceptors (Lipinski definition) is 7. The molecular weight excluding hydrogens is 390 g/mol. The van der Waals surface area contributed by atoms with Gasteiger partial charge in [0.25, 0.3) is 0 Å². The number of carbonyl (C=O) groups is 4. The van der Waals surface area contributed by atoms with Crippen molar-refractivity contribution in [2.24, 2.45) is 0 Å². The minimum atomic E-state index is -0.713. The van der Waals surface area contributed by atoms with E-state index in [0.29, 0.717) is 16.9 Å². The van der Waals surface area contributed by atoms with Gasteiger partial charge in [0.1, 0.15) is 12.1 Å². The molecule has 0 saturated heterocycles. The van der Waals surface area contributed by atoms with E-state index in [1.54, 1.807) is 26.8 Å². The zero-order valence-corrected chi connectivity index (χ0v) is 16.8. The largest absolute Gasteiger partial charge is 0.461 e. The maximum absolute atomic E-state index is 12.5. The van der Waals surface area contributed by atoms with Crippen molar-refractivity contribution in [3.05, 3.63) is 52.3 Å². The third-order valence-corrected chi connectivity index (χ3v) is 4.17. The van der Waals surface area contributed by atoms with Gasteiger partial charge in [0.05, 0.1) is 18.2 Å². The van der Waals surface area contributed by atoms with Gasteiger partial charge < -0.3 is 19.8 Å². The molecule has 0 radical (unpaired) electrons. The summed E-state index contributed by atoms with van der Waals surface area (Å²) in [7, 11) is 0. The van der Waals surface area contributed by atoms with Crippen molar-refractivity contribution in [1.82, 2.24) is 4.98 Å². The van der Waals surface area contributed by atoms with Crippen LogP contribution in [0.5, 0.6) is 0 Å². The zero-order chi connectivity index (χ0) is 22.3. The number of Topliss-reactive ketones (excluding diaryl/α,β-unsaturated/α-hetero) is 1. The molecule has 1 amide bonds. The van der Waals surface area contributed by atoms with Gasteiger partial charge in [-0.05, 0) is 50.6 Å². The minimum absolute atomic E-state index is 0.191. The topological polar surface area (TPSA) is 138 Å². The second kappa shape index (κ2) is 10.0. The molecule has 156 valence electrons. The lowest BCUT2D eigenvalue weighted by Gasteiger charge is -2.07. The van der Waals surface area contributed by atoms with Crippen LogP contribution in [-0.4, -0.2) is 41.8 Å². The van der Waals surface area contributed by atoms with Crippen molar-refractivity contribution in [1.29, 1.82) is 5.26 Å². The van der Waals surface area contributed by atoms with Gasteiger partial charge in [-0.1, -0.05) is 0 Å². The average molecular weight is 411 g/mol. The Balaban J connectivity index is 2.01. The molecule has 0 aliphatic heterocycles. The molecule has 0 spiro atoms. The van der Waals surface area contributed by atoms with Crippen molar-refractivity contribution in [3.8, 4) is 6.07 Å². The highest BCUT2D eigenvalue weighted by molar-refractivity contribution is 6.04. The number of rotatable bonds is 8. The number of H-pyrrole nitrogens is 1. The van der Waals surface area contributed by atoms with Crippen LogP contribution < -0.4 is 5.32 Å². The first-order valence-corrected chi connectivity index (χ1v) is 9.11. The summed E-state index contributed by atoms with van der Waals surface area (Å²) in [6.45, 7) is 4.65. The Morgan fingerprint density at radius 1 is 1.07 bits per heavy atom. The Kier molecular flexibility index (Phi) is 7.47. The number of esters is 2. The van der Waals surface area contributed by atoms with Crippen LogP contribution in [0, 0.1) is 25.2 Å². The predicted octanol–water partition coefficient (Wildman–Crippen LogP) is 2.70. The SMILES string of the molecule is CCOC(=O)c1[nH]c(C)c(C(=O)COC(=O)c2ccc(NC(=O)CC#N)cc2)c1C. The number of benzene rings is 1. The molecular formula is C21H21N3O6. The van der Waals surface area contributed by atoms with E-state index in [4.69, 9.17) is 14.7 Å². The summed E-state index contributed by atoms with van der Waals surface area (Å²) < 4.78 is 10.0. The minimum Gasteiger partial charge on any atom is -0.461 e. The fourth-order valence-corrected chi connectivity index (χ4v) is 2.83. The van der Waals surface area contributed by atoms with Crippen LogP contribution in [0.25, 0.3) is 0 Å². The monoisotopic (exact) mass is 411 g/mol. The summed E-state index contributed by atoms with van der Waals surface area (Å²) in [5, 5.41) is 11.0. The fraction of sp³-hybridized carbons (Fsp3) is 0.286. The van der Waals surface area contributed by atoms with Gasteiger partial charge in [0.2, 0.25) is 11.7 Å². The summed E-state index contributed by atoms with van der Waals surface area (Å²) in [6.07, 6.45) is -0.276. The molecule has 0 fully saturated rings. The van der Waals surface area contributed by atoms with Gasteiger partial charge in [-0.25, -0.2) is 9.59 Å². The van der Waals surface area contributed by atoms with Crippen LogP contribution in [0.15, 0.2) is 24.3 Å². The molecule has 9 heteroatoms. The van der Waals surface area contributed by atoms with Crippen LogP contribution in [0.3, 0.4) is 0 Å². The first kappa shape index (κ1) is 22.4. The summed E-state index contributed by atoms with van der Waals surface area (Å²) in [5.74, 6) is -2.19. The lowest BCUT2D eigenvalue weighted by molar-refractivity contribution is -0.115. The van der Waals surface area contributed by atoms with Gasteiger partial charge in [0.15, 0.2) is 6.61 Å². The van der Waals surface area contributed by atoms with E-state index in [-0.39, 0.29) is 29.8 Å². The predicted molar refractivity (Wildman–Crippen MR) is 106 cm³/mol. The number of aromatic nitrogens is 1. The number of ether oxygens (including phenoxy) is 2. The number of nitrogens with one attached hydrogen (secondary N) is 2. The molecule has 0 bridgehead atoms. The van der Waals surface area contributed by atoms with Crippen molar-refractivity contribution >= 4 is 29.3 Å². The molecule has 2 N–H and O–H groups in total. The number of nitrogens with zero attached hydrogens (tertiary/aromatic N) is 1. The summed E-state index contributed by atoms with van der Waals surface area (Å²) in [5.41, 5.74) is 2.00. The van der Waals surface area contributed by atoms with E-state index in [1.165, 1.54) is 24.3 Å². The Morgan fingerprint density at radius 3 is 2.33 bits per heavy atom. The maximum atomic E-state index is 12.5. The molecule has 2 rings (SSSR count). The zero-order valence-electron chi connectivity index (χ0n) is 16.8. The number of aryl methyl sites for hydroxylation is 1. The van der Waals surface area contributed by atoms with Gasteiger partial charge in [-0.2, -0.15) is 5.26 Å². The Labute approximate surface area is 173 Å². The summed E-state index contributed by atoms with van der Waals surface area (Å²) in [4.78, 5) is 50.9. The standard InChI is InChI=1S/C21H21N3O6/c1-4-29-21(28)19-12(2)18(13(3)23-19)16(25)11-30-20(27)14-5-7-15(8-6-14)24-17(26)9-10-22/h5-8,23H,4,9,11H2,1-3H3,(H,24,26). The molecule has 0 unspecified atom stereocenters. The van der Waals surface area contributed by atoms with Crippen LogP contribution in [0.4, 0.5) is 5.69 Å². The highest BCUT2D eigenvalue weighted by Gasteiger charge is 2.23. The Morgan fingerprint density at radius 2 is 1.73 bits per heavy atom. The number of aromatic amines is 1. The van der Waals surface area contributed by atoms with E-state index >= 15 is 0 Å².